The van der Waals surface area contributed by atoms with Gasteiger partial charge >= 0.3 is 6.09 Å². The van der Waals surface area contributed by atoms with E-state index in [1.54, 1.807) is 17.3 Å². The number of ether oxygens (including phenoxy) is 1. The van der Waals surface area contributed by atoms with Gasteiger partial charge in [-0.15, -0.1) is 0 Å². The Balaban J connectivity index is 2.35. The maximum absolute atomic E-state index is 12.1. The van der Waals surface area contributed by atoms with Gasteiger partial charge in [-0.05, 0) is 27.2 Å². The summed E-state index contributed by atoms with van der Waals surface area (Å²) in [5.74, 6) is 0. The molecule has 21 heavy (non-hydrogen) atoms. The van der Waals surface area contributed by atoms with E-state index in [0.29, 0.717) is 26.2 Å². The topological polar surface area (TPSA) is 67.3 Å². The Bertz CT molecular complexity index is 417. The van der Waals surface area contributed by atoms with E-state index >= 15 is 0 Å². The molecular weight excluding hydrogens is 268 g/mol. The largest absolute Gasteiger partial charge is 0.444 e. The van der Waals surface area contributed by atoms with E-state index < -0.39 is 5.60 Å². The van der Waals surface area contributed by atoms with E-state index in [4.69, 9.17) is 4.74 Å². The second-order valence-electron chi connectivity index (χ2n) is 5.89. The summed E-state index contributed by atoms with van der Waals surface area (Å²) in [6.07, 6.45) is 5.71. The molecule has 0 aromatic carbocycles. The fourth-order valence-electron chi connectivity index (χ4n) is 1.76. The van der Waals surface area contributed by atoms with E-state index in [1.807, 2.05) is 27.7 Å². The lowest BCUT2D eigenvalue weighted by atomic mass is 10.2. The van der Waals surface area contributed by atoms with Crippen LogP contribution < -0.4 is 5.32 Å². The summed E-state index contributed by atoms with van der Waals surface area (Å²) in [5.41, 5.74) is 0.564. The number of aromatic nitrogens is 2. The van der Waals surface area contributed by atoms with Gasteiger partial charge < -0.3 is 15.0 Å². The fraction of sp³-hybridized carbons (Fsp3) is 0.667. The second kappa shape index (κ2) is 8.56. The first kappa shape index (κ1) is 17.4. The maximum Gasteiger partial charge on any atom is 0.410 e. The summed E-state index contributed by atoms with van der Waals surface area (Å²) in [4.78, 5) is 21.7. The third-order valence-electron chi connectivity index (χ3n) is 2.65. The minimum absolute atomic E-state index is 0.255. The Morgan fingerprint density at radius 3 is 2.52 bits per heavy atom. The summed E-state index contributed by atoms with van der Waals surface area (Å²) in [6.45, 7) is 10.4. The number of hydrogen-bond acceptors (Lipinski definition) is 5. The SMILES string of the molecule is CCCN(CCNCc1cncnc1)C(=O)OC(C)(C)C. The zero-order valence-electron chi connectivity index (χ0n) is 13.4. The number of amides is 1. The van der Waals surface area contributed by atoms with Crippen molar-refractivity contribution in [3.05, 3.63) is 24.3 Å². The van der Waals surface area contributed by atoms with Gasteiger partial charge in [0.2, 0.25) is 0 Å². The van der Waals surface area contributed by atoms with Crippen LogP contribution in [0.2, 0.25) is 0 Å². The molecule has 0 bridgehead atoms. The molecule has 1 rings (SSSR count). The molecule has 6 nitrogen and oxygen atoms in total. The number of hydrogen-bond donors (Lipinski definition) is 1. The molecule has 0 spiro atoms. The van der Waals surface area contributed by atoms with Gasteiger partial charge in [0, 0.05) is 44.1 Å². The lowest BCUT2D eigenvalue weighted by molar-refractivity contribution is 0.0252. The zero-order chi connectivity index (χ0) is 15.7. The molecule has 1 amide bonds. The second-order valence-corrected chi connectivity index (χ2v) is 5.89. The predicted octanol–water partition coefficient (Wildman–Crippen LogP) is 2.21. The van der Waals surface area contributed by atoms with E-state index in [-0.39, 0.29) is 6.09 Å². The molecule has 1 aromatic rings. The van der Waals surface area contributed by atoms with Crippen LogP contribution in [0.25, 0.3) is 0 Å². The first-order valence-corrected chi connectivity index (χ1v) is 7.35. The van der Waals surface area contributed by atoms with Crippen LogP contribution >= 0.6 is 0 Å². The summed E-state index contributed by atoms with van der Waals surface area (Å²) in [6, 6.07) is 0. The minimum Gasteiger partial charge on any atom is -0.444 e. The Labute approximate surface area is 126 Å². The van der Waals surface area contributed by atoms with Gasteiger partial charge in [0.05, 0.1) is 0 Å². The van der Waals surface area contributed by atoms with Gasteiger partial charge in [0.25, 0.3) is 0 Å². The molecule has 0 radical (unpaired) electrons. The van der Waals surface area contributed by atoms with Gasteiger partial charge in [-0.25, -0.2) is 14.8 Å². The highest BCUT2D eigenvalue weighted by Gasteiger charge is 2.21. The van der Waals surface area contributed by atoms with Crippen molar-refractivity contribution in [2.75, 3.05) is 19.6 Å². The van der Waals surface area contributed by atoms with Crippen molar-refractivity contribution in [1.29, 1.82) is 0 Å². The molecule has 1 heterocycles. The van der Waals surface area contributed by atoms with Gasteiger partial charge in [-0.3, -0.25) is 0 Å². The van der Waals surface area contributed by atoms with Crippen LogP contribution in [-0.4, -0.2) is 46.2 Å². The summed E-state index contributed by atoms with van der Waals surface area (Å²) < 4.78 is 5.41. The van der Waals surface area contributed by atoms with Crippen LogP contribution in [0.1, 0.15) is 39.7 Å². The summed E-state index contributed by atoms with van der Waals surface area (Å²) >= 11 is 0. The molecule has 0 fully saturated rings. The van der Waals surface area contributed by atoms with Crippen LogP contribution in [0.3, 0.4) is 0 Å². The van der Waals surface area contributed by atoms with E-state index in [9.17, 15) is 4.79 Å². The predicted molar refractivity (Wildman–Crippen MR) is 81.8 cm³/mol. The third-order valence-corrected chi connectivity index (χ3v) is 2.65. The number of nitrogens with zero attached hydrogens (tertiary/aromatic N) is 3. The van der Waals surface area contributed by atoms with Crippen LogP contribution in [0.4, 0.5) is 4.79 Å². The van der Waals surface area contributed by atoms with Crippen molar-refractivity contribution in [3.8, 4) is 0 Å². The van der Waals surface area contributed by atoms with Crippen LogP contribution in [0.15, 0.2) is 18.7 Å². The molecule has 0 saturated heterocycles. The summed E-state index contributed by atoms with van der Waals surface area (Å²) in [7, 11) is 0. The smallest absolute Gasteiger partial charge is 0.410 e. The molecule has 6 heteroatoms. The molecule has 1 aromatic heterocycles. The van der Waals surface area contributed by atoms with Crippen LogP contribution in [0.5, 0.6) is 0 Å². The van der Waals surface area contributed by atoms with Crippen molar-refractivity contribution in [1.82, 2.24) is 20.2 Å². The van der Waals surface area contributed by atoms with Crippen molar-refractivity contribution < 1.29 is 9.53 Å². The maximum atomic E-state index is 12.1. The first-order chi connectivity index (χ1) is 9.92. The molecule has 0 aliphatic heterocycles. The highest BCUT2D eigenvalue weighted by molar-refractivity contribution is 5.68. The van der Waals surface area contributed by atoms with Crippen molar-refractivity contribution in [2.45, 2.75) is 46.3 Å². The average molecular weight is 294 g/mol. The molecular formula is C15H26N4O2. The minimum atomic E-state index is -0.460. The highest BCUT2D eigenvalue weighted by Crippen LogP contribution is 2.10. The van der Waals surface area contributed by atoms with Gasteiger partial charge in [-0.1, -0.05) is 6.92 Å². The molecule has 0 aliphatic rings. The fourth-order valence-corrected chi connectivity index (χ4v) is 1.76. The number of carbonyl (C=O) groups excluding carboxylic acids is 1. The van der Waals surface area contributed by atoms with Crippen molar-refractivity contribution >= 4 is 6.09 Å². The van der Waals surface area contributed by atoms with E-state index in [0.717, 1.165) is 12.0 Å². The standard InChI is InChI=1S/C15H26N4O2/c1-5-7-19(14(20)21-15(2,3)4)8-6-16-9-13-10-17-12-18-11-13/h10-12,16H,5-9H2,1-4H3. The molecule has 118 valence electrons. The highest BCUT2D eigenvalue weighted by atomic mass is 16.6. The lowest BCUT2D eigenvalue weighted by Crippen LogP contribution is -2.40. The Morgan fingerprint density at radius 2 is 1.95 bits per heavy atom. The number of rotatable bonds is 7. The first-order valence-electron chi connectivity index (χ1n) is 7.35. The Hall–Kier alpha value is -1.69. The number of carbonyl (C=O) groups is 1. The molecule has 1 N–H and O–H groups in total. The molecule has 0 unspecified atom stereocenters. The van der Waals surface area contributed by atoms with Crippen molar-refractivity contribution in [3.63, 3.8) is 0 Å². The average Bonchev–Trinajstić information content (AvgIpc) is 2.41. The Morgan fingerprint density at radius 1 is 1.29 bits per heavy atom. The zero-order valence-corrected chi connectivity index (χ0v) is 13.4. The van der Waals surface area contributed by atoms with Crippen LogP contribution in [-0.2, 0) is 11.3 Å². The van der Waals surface area contributed by atoms with Gasteiger partial charge in [-0.2, -0.15) is 0 Å². The molecule has 0 atom stereocenters. The monoisotopic (exact) mass is 294 g/mol. The molecule has 0 aliphatic carbocycles. The van der Waals surface area contributed by atoms with Crippen molar-refractivity contribution in [2.24, 2.45) is 0 Å². The van der Waals surface area contributed by atoms with E-state index in [1.165, 1.54) is 6.33 Å². The third kappa shape index (κ3) is 7.60. The van der Waals surface area contributed by atoms with Gasteiger partial charge in [0.1, 0.15) is 11.9 Å². The number of nitrogens with one attached hydrogen (secondary N) is 1. The normalized spacial score (nSPS) is 11.2. The van der Waals surface area contributed by atoms with Gasteiger partial charge in [0.15, 0.2) is 0 Å². The van der Waals surface area contributed by atoms with E-state index in [2.05, 4.69) is 15.3 Å². The Kier molecular flexibility index (Phi) is 7.08. The quantitative estimate of drug-likeness (QED) is 0.781. The summed E-state index contributed by atoms with van der Waals surface area (Å²) in [5, 5.41) is 3.28. The lowest BCUT2D eigenvalue weighted by Gasteiger charge is -2.27. The molecule has 0 saturated carbocycles. The van der Waals surface area contributed by atoms with Crippen LogP contribution in [0, 0.1) is 0 Å².